The van der Waals surface area contributed by atoms with Gasteiger partial charge in [0.2, 0.25) is 5.91 Å². The Hall–Kier alpha value is -3.02. The van der Waals surface area contributed by atoms with E-state index in [1.807, 2.05) is 36.4 Å². The van der Waals surface area contributed by atoms with E-state index in [-0.39, 0.29) is 5.91 Å². The van der Waals surface area contributed by atoms with Crippen molar-refractivity contribution in [3.05, 3.63) is 53.9 Å². The molecule has 1 aromatic heterocycles. The molecule has 1 heterocycles. The number of imidazole rings is 1. The number of methoxy groups -OCH3 is 2. The van der Waals surface area contributed by atoms with E-state index < -0.39 is 0 Å². The maximum absolute atomic E-state index is 12.1. The second-order valence-corrected chi connectivity index (χ2v) is 5.66. The summed E-state index contributed by atoms with van der Waals surface area (Å²) >= 11 is 0. The third-order valence-electron chi connectivity index (χ3n) is 4.00. The van der Waals surface area contributed by atoms with Crippen LogP contribution >= 0.6 is 0 Å². The number of aromatic amines is 1. The van der Waals surface area contributed by atoms with Crippen molar-refractivity contribution in [2.24, 2.45) is 0 Å². The molecule has 0 saturated heterocycles. The number of ether oxygens (including phenoxy) is 2. The van der Waals surface area contributed by atoms with Gasteiger partial charge in [-0.1, -0.05) is 12.1 Å². The minimum atomic E-state index is -0.0293. The molecule has 1 amide bonds. The number of aromatic nitrogens is 2. The molecule has 0 spiro atoms. The minimum Gasteiger partial charge on any atom is -0.497 e. The van der Waals surface area contributed by atoms with Gasteiger partial charge in [0.05, 0.1) is 25.3 Å². The Morgan fingerprint density at radius 1 is 1.16 bits per heavy atom. The highest BCUT2D eigenvalue weighted by atomic mass is 16.5. The third kappa shape index (κ3) is 4.09. The first-order valence-corrected chi connectivity index (χ1v) is 8.11. The summed E-state index contributed by atoms with van der Waals surface area (Å²) in [6, 6.07) is 13.4. The van der Waals surface area contributed by atoms with Gasteiger partial charge in [-0.15, -0.1) is 0 Å². The molecule has 0 bridgehead atoms. The van der Waals surface area contributed by atoms with Crippen molar-refractivity contribution in [1.82, 2.24) is 15.3 Å². The first-order valence-electron chi connectivity index (χ1n) is 8.11. The SMILES string of the molecule is COc1ccc(CNC(=O)CCc2nc3ccccc3[nH]2)c(OC)c1. The van der Waals surface area contributed by atoms with Crippen LogP contribution in [0, 0.1) is 0 Å². The molecule has 3 rings (SSSR count). The molecule has 0 aliphatic carbocycles. The number of carbonyl (C=O) groups excluding carboxylic acids is 1. The van der Waals surface area contributed by atoms with E-state index >= 15 is 0 Å². The smallest absolute Gasteiger partial charge is 0.220 e. The average molecular weight is 339 g/mol. The molecular weight excluding hydrogens is 318 g/mol. The fraction of sp³-hybridized carbons (Fsp3) is 0.263. The van der Waals surface area contributed by atoms with Crippen LogP contribution in [-0.4, -0.2) is 30.1 Å². The molecule has 0 unspecified atom stereocenters. The number of benzene rings is 2. The van der Waals surface area contributed by atoms with Crippen LogP contribution in [0.5, 0.6) is 11.5 Å². The topological polar surface area (TPSA) is 76.2 Å². The van der Waals surface area contributed by atoms with Gasteiger partial charge < -0.3 is 19.8 Å². The van der Waals surface area contributed by atoms with Crippen molar-refractivity contribution < 1.29 is 14.3 Å². The average Bonchev–Trinajstić information content (AvgIpc) is 3.07. The first-order chi connectivity index (χ1) is 12.2. The summed E-state index contributed by atoms with van der Waals surface area (Å²) in [5.41, 5.74) is 2.81. The molecule has 3 aromatic rings. The number of fused-ring (bicyclic) bond motifs is 1. The number of nitrogens with one attached hydrogen (secondary N) is 2. The highest BCUT2D eigenvalue weighted by molar-refractivity contribution is 5.77. The molecule has 0 radical (unpaired) electrons. The number of para-hydroxylation sites is 2. The van der Waals surface area contributed by atoms with Gasteiger partial charge in [-0.05, 0) is 24.3 Å². The Morgan fingerprint density at radius 2 is 2.00 bits per heavy atom. The summed E-state index contributed by atoms with van der Waals surface area (Å²) in [4.78, 5) is 19.8. The number of hydrogen-bond donors (Lipinski definition) is 2. The lowest BCUT2D eigenvalue weighted by molar-refractivity contribution is -0.121. The predicted octanol–water partition coefficient (Wildman–Crippen LogP) is 2.83. The Morgan fingerprint density at radius 3 is 2.76 bits per heavy atom. The molecule has 6 heteroatoms. The summed E-state index contributed by atoms with van der Waals surface area (Å²) in [6.07, 6.45) is 0.943. The summed E-state index contributed by atoms with van der Waals surface area (Å²) in [7, 11) is 3.20. The maximum Gasteiger partial charge on any atom is 0.220 e. The summed E-state index contributed by atoms with van der Waals surface area (Å²) < 4.78 is 10.5. The molecule has 2 N–H and O–H groups in total. The molecule has 0 saturated carbocycles. The molecule has 0 aliphatic rings. The van der Waals surface area contributed by atoms with E-state index in [2.05, 4.69) is 15.3 Å². The van der Waals surface area contributed by atoms with E-state index in [1.54, 1.807) is 20.3 Å². The number of aryl methyl sites for hydroxylation is 1. The Kier molecular flexibility index (Phi) is 5.18. The molecule has 25 heavy (non-hydrogen) atoms. The van der Waals surface area contributed by atoms with Gasteiger partial charge in [0.1, 0.15) is 17.3 Å². The normalized spacial score (nSPS) is 10.6. The highest BCUT2D eigenvalue weighted by Gasteiger charge is 2.09. The van der Waals surface area contributed by atoms with Crippen molar-refractivity contribution in [3.63, 3.8) is 0 Å². The largest absolute Gasteiger partial charge is 0.497 e. The van der Waals surface area contributed by atoms with E-state index in [0.29, 0.717) is 25.1 Å². The van der Waals surface area contributed by atoms with E-state index in [4.69, 9.17) is 9.47 Å². The van der Waals surface area contributed by atoms with E-state index in [1.165, 1.54) is 0 Å². The number of carbonyl (C=O) groups is 1. The Balaban J connectivity index is 1.54. The fourth-order valence-corrected chi connectivity index (χ4v) is 2.64. The van der Waals surface area contributed by atoms with Crippen molar-refractivity contribution >= 4 is 16.9 Å². The number of H-pyrrole nitrogens is 1. The van der Waals surface area contributed by atoms with Gasteiger partial charge in [0.15, 0.2) is 0 Å². The summed E-state index contributed by atoms with van der Waals surface area (Å²) in [5, 5.41) is 2.91. The van der Waals surface area contributed by atoms with Crippen LogP contribution in [0.2, 0.25) is 0 Å². The van der Waals surface area contributed by atoms with Crippen molar-refractivity contribution in [1.29, 1.82) is 0 Å². The van der Waals surface area contributed by atoms with Crippen LogP contribution < -0.4 is 14.8 Å². The lowest BCUT2D eigenvalue weighted by atomic mass is 10.2. The molecule has 2 aromatic carbocycles. The zero-order chi connectivity index (χ0) is 17.6. The zero-order valence-electron chi connectivity index (χ0n) is 14.3. The van der Waals surface area contributed by atoms with Crippen molar-refractivity contribution in [2.45, 2.75) is 19.4 Å². The number of rotatable bonds is 7. The molecule has 6 nitrogen and oxygen atoms in total. The van der Waals surface area contributed by atoms with Crippen LogP contribution in [0.15, 0.2) is 42.5 Å². The van der Waals surface area contributed by atoms with Crippen LogP contribution in [0.3, 0.4) is 0 Å². The van der Waals surface area contributed by atoms with Gasteiger partial charge >= 0.3 is 0 Å². The van der Waals surface area contributed by atoms with Crippen molar-refractivity contribution in [2.75, 3.05) is 14.2 Å². The van der Waals surface area contributed by atoms with Crippen molar-refractivity contribution in [3.8, 4) is 11.5 Å². The molecule has 0 atom stereocenters. The van der Waals surface area contributed by atoms with Crippen LogP contribution in [0.25, 0.3) is 11.0 Å². The van der Waals surface area contributed by atoms with Gasteiger partial charge in [-0.25, -0.2) is 4.98 Å². The standard InChI is InChI=1S/C19H21N3O3/c1-24-14-8-7-13(17(11-14)25-2)12-20-19(23)10-9-18-21-15-5-3-4-6-16(15)22-18/h3-8,11H,9-10,12H2,1-2H3,(H,20,23)(H,21,22). The van der Waals surface area contributed by atoms with E-state index in [0.717, 1.165) is 28.2 Å². The summed E-state index contributed by atoms with van der Waals surface area (Å²) in [5.74, 6) is 2.20. The van der Waals surface area contributed by atoms with Gasteiger partial charge in [0, 0.05) is 31.0 Å². The maximum atomic E-state index is 12.1. The number of nitrogens with zero attached hydrogens (tertiary/aromatic N) is 1. The van der Waals surface area contributed by atoms with Gasteiger partial charge in [0.25, 0.3) is 0 Å². The lowest BCUT2D eigenvalue weighted by Gasteiger charge is -2.11. The van der Waals surface area contributed by atoms with Crippen LogP contribution in [0.4, 0.5) is 0 Å². The minimum absolute atomic E-state index is 0.0293. The predicted molar refractivity (Wildman–Crippen MR) is 95.8 cm³/mol. The van der Waals surface area contributed by atoms with E-state index in [9.17, 15) is 4.79 Å². The molecule has 130 valence electrons. The quantitative estimate of drug-likeness (QED) is 0.694. The van der Waals surface area contributed by atoms with Gasteiger partial charge in [-0.2, -0.15) is 0 Å². The fourth-order valence-electron chi connectivity index (χ4n) is 2.64. The Bertz CT molecular complexity index is 840. The van der Waals surface area contributed by atoms with Gasteiger partial charge in [-0.3, -0.25) is 4.79 Å². The Labute approximate surface area is 146 Å². The highest BCUT2D eigenvalue weighted by Crippen LogP contribution is 2.24. The second kappa shape index (κ2) is 7.70. The summed E-state index contributed by atoms with van der Waals surface area (Å²) in [6.45, 7) is 0.409. The zero-order valence-corrected chi connectivity index (χ0v) is 14.3. The third-order valence-corrected chi connectivity index (χ3v) is 4.00. The molecule has 0 aliphatic heterocycles. The van der Waals surface area contributed by atoms with Crippen LogP contribution in [-0.2, 0) is 17.8 Å². The van der Waals surface area contributed by atoms with Crippen LogP contribution in [0.1, 0.15) is 17.8 Å². The molecule has 0 fully saturated rings. The second-order valence-electron chi connectivity index (χ2n) is 5.66. The molecular formula is C19H21N3O3. The monoisotopic (exact) mass is 339 g/mol. The lowest BCUT2D eigenvalue weighted by Crippen LogP contribution is -2.23. The number of hydrogen-bond acceptors (Lipinski definition) is 4. The number of amides is 1. The first kappa shape index (κ1) is 16.8.